The fourth-order valence-electron chi connectivity index (χ4n) is 1.66. The Balaban J connectivity index is 3.10. The summed E-state index contributed by atoms with van der Waals surface area (Å²) in [6, 6.07) is 6.54. The van der Waals surface area contributed by atoms with Gasteiger partial charge in [-0.05, 0) is 17.5 Å². The first-order valence-electron chi connectivity index (χ1n) is 5.08. The third kappa shape index (κ3) is 3.54. The summed E-state index contributed by atoms with van der Waals surface area (Å²) in [5.41, 5.74) is 2.12. The molecule has 0 spiro atoms. The highest BCUT2D eigenvalue weighted by atomic mass is 32.2. The summed E-state index contributed by atoms with van der Waals surface area (Å²) in [6.45, 7) is 1.74. The maximum absolute atomic E-state index is 11.6. The number of hydrogen-bond donors (Lipinski definition) is 2. The van der Waals surface area contributed by atoms with Gasteiger partial charge in [0.05, 0.1) is 4.90 Å². The lowest BCUT2D eigenvalue weighted by atomic mass is 9.97. The van der Waals surface area contributed by atoms with E-state index in [0.29, 0.717) is 5.56 Å². The monoisotopic (exact) mass is 257 g/mol. The molecule has 94 valence electrons. The molecule has 6 heteroatoms. The van der Waals surface area contributed by atoms with Crippen LogP contribution in [-0.4, -0.2) is 25.8 Å². The fourth-order valence-corrected chi connectivity index (χ4v) is 2.68. The van der Waals surface area contributed by atoms with Gasteiger partial charge in [0.15, 0.2) is 9.84 Å². The lowest BCUT2D eigenvalue weighted by molar-refractivity contribution is -0.129. The molecule has 17 heavy (non-hydrogen) atoms. The number of sulfone groups is 1. The number of nitrogens with one attached hydrogen (secondary N) is 1. The molecule has 0 aliphatic carbocycles. The standard InChI is InChI=1S/C11H15NO4S/c1-8(7-11(13)12-14)9-5-3-4-6-10(9)17(2,15)16/h3-6,8,14H,7H2,1-2H3,(H,12,13). The Labute approximate surface area is 100 Å². The fraction of sp³-hybridized carbons (Fsp3) is 0.364. The second kappa shape index (κ2) is 5.29. The largest absolute Gasteiger partial charge is 0.289 e. The number of benzene rings is 1. The lowest BCUT2D eigenvalue weighted by Gasteiger charge is -2.14. The SMILES string of the molecule is CC(CC(=O)NO)c1ccccc1S(C)(=O)=O. The molecule has 2 N–H and O–H groups in total. The molecule has 1 amide bonds. The number of rotatable bonds is 4. The first kappa shape index (κ1) is 13.7. The molecule has 0 aromatic heterocycles. The second-order valence-corrected chi connectivity index (χ2v) is 5.93. The molecule has 0 aliphatic rings. The predicted molar refractivity (Wildman–Crippen MR) is 62.5 cm³/mol. The molecule has 0 heterocycles. The Morgan fingerprint density at radius 1 is 1.41 bits per heavy atom. The van der Waals surface area contributed by atoms with Gasteiger partial charge in [0, 0.05) is 12.7 Å². The zero-order valence-electron chi connectivity index (χ0n) is 9.67. The van der Waals surface area contributed by atoms with Crippen LogP contribution in [0.15, 0.2) is 29.2 Å². The van der Waals surface area contributed by atoms with Gasteiger partial charge in [-0.25, -0.2) is 13.9 Å². The Hall–Kier alpha value is -1.40. The quantitative estimate of drug-likeness (QED) is 0.624. The van der Waals surface area contributed by atoms with Gasteiger partial charge >= 0.3 is 0 Å². The number of hydroxylamine groups is 1. The number of carbonyl (C=O) groups is 1. The molecule has 1 atom stereocenters. The molecule has 1 rings (SSSR count). The van der Waals surface area contributed by atoms with E-state index in [-0.39, 0.29) is 17.2 Å². The van der Waals surface area contributed by atoms with Crippen molar-refractivity contribution in [1.29, 1.82) is 0 Å². The highest BCUT2D eigenvalue weighted by Crippen LogP contribution is 2.26. The van der Waals surface area contributed by atoms with Gasteiger partial charge in [0.1, 0.15) is 0 Å². The van der Waals surface area contributed by atoms with Crippen LogP contribution in [0.4, 0.5) is 0 Å². The van der Waals surface area contributed by atoms with Crippen LogP contribution in [0.5, 0.6) is 0 Å². The van der Waals surface area contributed by atoms with E-state index in [4.69, 9.17) is 5.21 Å². The molecule has 1 aromatic rings. The van der Waals surface area contributed by atoms with Crippen LogP contribution in [0.2, 0.25) is 0 Å². The summed E-state index contributed by atoms with van der Waals surface area (Å²) in [5.74, 6) is -0.825. The molecule has 5 nitrogen and oxygen atoms in total. The number of carbonyl (C=O) groups excluding carboxylic acids is 1. The summed E-state index contributed by atoms with van der Waals surface area (Å²) >= 11 is 0. The van der Waals surface area contributed by atoms with E-state index in [1.54, 1.807) is 25.1 Å². The Morgan fingerprint density at radius 2 is 2.00 bits per heavy atom. The normalized spacial score (nSPS) is 13.1. The molecule has 1 unspecified atom stereocenters. The average molecular weight is 257 g/mol. The van der Waals surface area contributed by atoms with Crippen molar-refractivity contribution in [3.05, 3.63) is 29.8 Å². The van der Waals surface area contributed by atoms with Crippen molar-refractivity contribution in [3.8, 4) is 0 Å². The highest BCUT2D eigenvalue weighted by molar-refractivity contribution is 7.90. The number of hydrogen-bond acceptors (Lipinski definition) is 4. The first-order chi connectivity index (χ1) is 7.86. The third-order valence-electron chi connectivity index (χ3n) is 2.47. The minimum atomic E-state index is -3.32. The van der Waals surface area contributed by atoms with Crippen molar-refractivity contribution in [2.24, 2.45) is 0 Å². The topological polar surface area (TPSA) is 83.5 Å². The molecular formula is C11H15NO4S. The van der Waals surface area contributed by atoms with Gasteiger partial charge in [-0.1, -0.05) is 25.1 Å². The Bertz CT molecular complexity index is 510. The molecule has 0 bridgehead atoms. The van der Waals surface area contributed by atoms with E-state index in [1.807, 2.05) is 0 Å². The van der Waals surface area contributed by atoms with Gasteiger partial charge in [0.25, 0.3) is 0 Å². The van der Waals surface area contributed by atoms with E-state index < -0.39 is 15.7 Å². The van der Waals surface area contributed by atoms with Gasteiger partial charge in [-0.15, -0.1) is 0 Å². The Kier molecular flexibility index (Phi) is 4.25. The van der Waals surface area contributed by atoms with Gasteiger partial charge < -0.3 is 0 Å². The summed E-state index contributed by atoms with van der Waals surface area (Å²) in [4.78, 5) is 11.3. The van der Waals surface area contributed by atoms with Gasteiger partial charge in [-0.2, -0.15) is 0 Å². The predicted octanol–water partition coefficient (Wildman–Crippen LogP) is 1.09. The van der Waals surface area contributed by atoms with Crippen molar-refractivity contribution in [2.45, 2.75) is 24.2 Å². The van der Waals surface area contributed by atoms with Crippen LogP contribution in [0, 0.1) is 0 Å². The lowest BCUT2D eigenvalue weighted by Crippen LogP contribution is -2.20. The second-order valence-electron chi connectivity index (χ2n) is 3.95. The van der Waals surface area contributed by atoms with Gasteiger partial charge in [-0.3, -0.25) is 10.0 Å². The third-order valence-corrected chi connectivity index (χ3v) is 3.64. The van der Waals surface area contributed by atoms with Crippen molar-refractivity contribution < 1.29 is 18.4 Å². The maximum Gasteiger partial charge on any atom is 0.243 e. The summed E-state index contributed by atoms with van der Waals surface area (Å²) in [5, 5.41) is 8.44. The first-order valence-corrected chi connectivity index (χ1v) is 6.97. The van der Waals surface area contributed by atoms with Crippen molar-refractivity contribution >= 4 is 15.7 Å². The van der Waals surface area contributed by atoms with E-state index in [1.165, 1.54) is 11.5 Å². The van der Waals surface area contributed by atoms with Crippen LogP contribution >= 0.6 is 0 Å². The molecule has 0 fully saturated rings. The summed E-state index contributed by atoms with van der Waals surface area (Å²) < 4.78 is 23.1. The smallest absolute Gasteiger partial charge is 0.243 e. The van der Waals surface area contributed by atoms with Crippen LogP contribution in [-0.2, 0) is 14.6 Å². The van der Waals surface area contributed by atoms with E-state index in [9.17, 15) is 13.2 Å². The minimum Gasteiger partial charge on any atom is -0.289 e. The summed E-state index contributed by atoms with van der Waals surface area (Å²) in [7, 11) is -3.32. The molecule has 0 radical (unpaired) electrons. The van der Waals surface area contributed by atoms with E-state index >= 15 is 0 Å². The summed E-state index contributed by atoms with van der Waals surface area (Å²) in [6.07, 6.45) is 1.16. The van der Waals surface area contributed by atoms with Gasteiger partial charge in [0.2, 0.25) is 5.91 Å². The van der Waals surface area contributed by atoms with Crippen LogP contribution < -0.4 is 5.48 Å². The molecular weight excluding hydrogens is 242 g/mol. The Morgan fingerprint density at radius 3 is 2.53 bits per heavy atom. The minimum absolute atomic E-state index is 0.0308. The van der Waals surface area contributed by atoms with Crippen molar-refractivity contribution in [1.82, 2.24) is 5.48 Å². The highest BCUT2D eigenvalue weighted by Gasteiger charge is 2.18. The van der Waals surface area contributed by atoms with Crippen LogP contribution in [0.3, 0.4) is 0 Å². The van der Waals surface area contributed by atoms with Crippen LogP contribution in [0.1, 0.15) is 24.8 Å². The molecule has 0 aliphatic heterocycles. The molecule has 1 aromatic carbocycles. The zero-order valence-corrected chi connectivity index (χ0v) is 10.5. The molecule has 0 saturated carbocycles. The maximum atomic E-state index is 11.6. The number of amides is 1. The van der Waals surface area contributed by atoms with Crippen molar-refractivity contribution in [3.63, 3.8) is 0 Å². The zero-order chi connectivity index (χ0) is 13.1. The van der Waals surface area contributed by atoms with Crippen molar-refractivity contribution in [2.75, 3.05) is 6.26 Å². The van der Waals surface area contributed by atoms with Crippen LogP contribution in [0.25, 0.3) is 0 Å². The van der Waals surface area contributed by atoms with E-state index in [2.05, 4.69) is 0 Å². The van der Waals surface area contributed by atoms with E-state index in [0.717, 1.165) is 6.26 Å². The molecule has 0 saturated heterocycles. The average Bonchev–Trinajstić information content (AvgIpc) is 2.27.